The molecule has 1 rings (SSSR count). The van der Waals surface area contributed by atoms with E-state index >= 15 is 0 Å². The Morgan fingerprint density at radius 3 is 2.56 bits per heavy atom. The SMILES string of the molecule is CCN(CC)CCNC(=O)C1CCCCCC1N. The van der Waals surface area contributed by atoms with E-state index in [0.717, 1.165) is 45.4 Å². The van der Waals surface area contributed by atoms with E-state index in [0.29, 0.717) is 0 Å². The molecule has 106 valence electrons. The van der Waals surface area contributed by atoms with Crippen molar-refractivity contribution in [1.29, 1.82) is 0 Å². The number of likely N-dealkylation sites (N-methyl/N-ethyl adjacent to an activating group) is 1. The molecule has 1 aliphatic carbocycles. The normalized spacial score (nSPS) is 24.9. The fourth-order valence-corrected chi connectivity index (χ4v) is 2.67. The Hall–Kier alpha value is -0.610. The lowest BCUT2D eigenvalue weighted by atomic mass is 9.94. The van der Waals surface area contributed by atoms with Crippen molar-refractivity contribution in [3.05, 3.63) is 0 Å². The molecule has 2 atom stereocenters. The number of nitrogens with zero attached hydrogens (tertiary/aromatic N) is 1. The predicted octanol–water partition coefficient (Wildman–Crippen LogP) is 1.35. The second-order valence-corrected chi connectivity index (χ2v) is 5.23. The first-order valence-electron chi connectivity index (χ1n) is 7.44. The average Bonchev–Trinajstić information content (AvgIpc) is 2.59. The average molecular weight is 255 g/mol. The highest BCUT2D eigenvalue weighted by atomic mass is 16.1. The van der Waals surface area contributed by atoms with Gasteiger partial charge in [0.25, 0.3) is 0 Å². The highest BCUT2D eigenvalue weighted by molar-refractivity contribution is 5.79. The molecule has 0 heterocycles. The first-order valence-corrected chi connectivity index (χ1v) is 7.44. The quantitative estimate of drug-likeness (QED) is 0.704. The fraction of sp³-hybridized carbons (Fsp3) is 0.929. The summed E-state index contributed by atoms with van der Waals surface area (Å²) >= 11 is 0. The van der Waals surface area contributed by atoms with Crippen molar-refractivity contribution in [3.63, 3.8) is 0 Å². The van der Waals surface area contributed by atoms with Gasteiger partial charge in [0.2, 0.25) is 5.91 Å². The maximum Gasteiger partial charge on any atom is 0.224 e. The summed E-state index contributed by atoms with van der Waals surface area (Å²) in [5.41, 5.74) is 6.09. The van der Waals surface area contributed by atoms with Crippen molar-refractivity contribution in [1.82, 2.24) is 10.2 Å². The van der Waals surface area contributed by atoms with Gasteiger partial charge in [-0.05, 0) is 25.9 Å². The molecule has 3 N–H and O–H groups in total. The zero-order chi connectivity index (χ0) is 13.4. The number of rotatable bonds is 6. The Morgan fingerprint density at radius 1 is 1.22 bits per heavy atom. The van der Waals surface area contributed by atoms with Gasteiger partial charge in [-0.2, -0.15) is 0 Å². The highest BCUT2D eigenvalue weighted by Crippen LogP contribution is 2.22. The number of hydrogen-bond donors (Lipinski definition) is 2. The van der Waals surface area contributed by atoms with Gasteiger partial charge in [0.1, 0.15) is 0 Å². The van der Waals surface area contributed by atoms with Crippen LogP contribution in [0.1, 0.15) is 46.0 Å². The lowest BCUT2D eigenvalue weighted by Gasteiger charge is -2.22. The second kappa shape index (κ2) is 8.48. The predicted molar refractivity (Wildman–Crippen MR) is 75.3 cm³/mol. The molecule has 4 nitrogen and oxygen atoms in total. The number of hydrogen-bond acceptors (Lipinski definition) is 3. The van der Waals surface area contributed by atoms with Gasteiger partial charge in [-0.3, -0.25) is 4.79 Å². The topological polar surface area (TPSA) is 58.4 Å². The van der Waals surface area contributed by atoms with Crippen LogP contribution in [0, 0.1) is 5.92 Å². The van der Waals surface area contributed by atoms with Crippen molar-refractivity contribution in [2.45, 2.75) is 52.0 Å². The second-order valence-electron chi connectivity index (χ2n) is 5.23. The molecule has 0 aromatic rings. The Morgan fingerprint density at radius 2 is 1.89 bits per heavy atom. The number of carbonyl (C=O) groups is 1. The molecule has 1 fully saturated rings. The van der Waals surface area contributed by atoms with E-state index < -0.39 is 0 Å². The van der Waals surface area contributed by atoms with Gasteiger partial charge >= 0.3 is 0 Å². The van der Waals surface area contributed by atoms with Gasteiger partial charge in [-0.15, -0.1) is 0 Å². The van der Waals surface area contributed by atoms with Crippen LogP contribution in [0.2, 0.25) is 0 Å². The van der Waals surface area contributed by atoms with Crippen LogP contribution < -0.4 is 11.1 Å². The smallest absolute Gasteiger partial charge is 0.224 e. The number of nitrogens with one attached hydrogen (secondary N) is 1. The third-order valence-electron chi connectivity index (χ3n) is 4.03. The molecule has 2 unspecified atom stereocenters. The molecule has 1 aliphatic rings. The Bertz CT molecular complexity index is 241. The molecule has 0 aromatic heterocycles. The minimum absolute atomic E-state index is 0.0317. The Kier molecular flexibility index (Phi) is 7.28. The Balaban J connectivity index is 2.30. The molecule has 0 spiro atoms. The zero-order valence-corrected chi connectivity index (χ0v) is 12.0. The van der Waals surface area contributed by atoms with Crippen molar-refractivity contribution in [3.8, 4) is 0 Å². The van der Waals surface area contributed by atoms with E-state index in [1.165, 1.54) is 12.8 Å². The summed E-state index contributed by atoms with van der Waals surface area (Å²) in [5.74, 6) is 0.195. The van der Waals surface area contributed by atoms with Crippen LogP contribution in [0.5, 0.6) is 0 Å². The van der Waals surface area contributed by atoms with Crippen LogP contribution in [0.3, 0.4) is 0 Å². The van der Waals surface area contributed by atoms with E-state index in [4.69, 9.17) is 5.73 Å². The number of amides is 1. The highest BCUT2D eigenvalue weighted by Gasteiger charge is 2.26. The van der Waals surface area contributed by atoms with Crippen LogP contribution in [0.15, 0.2) is 0 Å². The van der Waals surface area contributed by atoms with E-state index in [9.17, 15) is 4.79 Å². The van der Waals surface area contributed by atoms with Crippen LogP contribution in [0.4, 0.5) is 0 Å². The molecule has 0 bridgehead atoms. The summed E-state index contributed by atoms with van der Waals surface area (Å²) in [6, 6.07) is 0.0564. The van der Waals surface area contributed by atoms with Gasteiger partial charge < -0.3 is 16.0 Å². The molecule has 4 heteroatoms. The van der Waals surface area contributed by atoms with Crippen molar-refractivity contribution < 1.29 is 4.79 Å². The van der Waals surface area contributed by atoms with E-state index in [2.05, 4.69) is 24.1 Å². The lowest BCUT2D eigenvalue weighted by molar-refractivity contribution is -0.125. The molecule has 0 aliphatic heterocycles. The van der Waals surface area contributed by atoms with Crippen molar-refractivity contribution >= 4 is 5.91 Å². The molecule has 18 heavy (non-hydrogen) atoms. The lowest BCUT2D eigenvalue weighted by Crippen LogP contribution is -2.43. The summed E-state index contributed by atoms with van der Waals surface area (Å²) in [4.78, 5) is 14.4. The van der Waals surface area contributed by atoms with Gasteiger partial charge in [0.05, 0.1) is 5.92 Å². The van der Waals surface area contributed by atoms with E-state index in [-0.39, 0.29) is 17.9 Å². The van der Waals surface area contributed by atoms with Gasteiger partial charge in [-0.1, -0.05) is 33.1 Å². The maximum atomic E-state index is 12.1. The Labute approximate surface area is 111 Å². The van der Waals surface area contributed by atoms with Gasteiger partial charge in [0.15, 0.2) is 0 Å². The standard InChI is InChI=1S/C14H29N3O/c1-3-17(4-2)11-10-16-14(18)12-8-6-5-7-9-13(12)15/h12-13H,3-11,15H2,1-2H3,(H,16,18). The third-order valence-corrected chi connectivity index (χ3v) is 4.03. The van der Waals surface area contributed by atoms with Crippen LogP contribution >= 0.6 is 0 Å². The minimum atomic E-state index is 0.0317. The number of carbonyl (C=O) groups excluding carboxylic acids is 1. The van der Waals surface area contributed by atoms with Crippen LogP contribution in [-0.2, 0) is 4.79 Å². The summed E-state index contributed by atoms with van der Waals surface area (Å²) in [7, 11) is 0. The summed E-state index contributed by atoms with van der Waals surface area (Å²) in [6.07, 6.45) is 5.48. The van der Waals surface area contributed by atoms with Crippen molar-refractivity contribution in [2.75, 3.05) is 26.2 Å². The minimum Gasteiger partial charge on any atom is -0.355 e. The molecule has 1 saturated carbocycles. The molecular weight excluding hydrogens is 226 g/mol. The first-order chi connectivity index (χ1) is 8.69. The zero-order valence-electron chi connectivity index (χ0n) is 12.0. The summed E-state index contributed by atoms with van der Waals surface area (Å²) in [5, 5.41) is 3.05. The van der Waals surface area contributed by atoms with Crippen LogP contribution in [0.25, 0.3) is 0 Å². The van der Waals surface area contributed by atoms with E-state index in [1.807, 2.05) is 0 Å². The van der Waals surface area contributed by atoms with Crippen LogP contribution in [-0.4, -0.2) is 43.0 Å². The first kappa shape index (κ1) is 15.4. The molecule has 0 radical (unpaired) electrons. The largest absolute Gasteiger partial charge is 0.355 e. The molecular formula is C14H29N3O. The van der Waals surface area contributed by atoms with Gasteiger partial charge in [0, 0.05) is 19.1 Å². The number of nitrogens with two attached hydrogens (primary N) is 1. The summed E-state index contributed by atoms with van der Waals surface area (Å²) in [6.45, 7) is 8.04. The monoisotopic (exact) mass is 255 g/mol. The van der Waals surface area contributed by atoms with Crippen molar-refractivity contribution in [2.24, 2.45) is 11.7 Å². The van der Waals surface area contributed by atoms with Gasteiger partial charge in [-0.25, -0.2) is 0 Å². The summed E-state index contributed by atoms with van der Waals surface area (Å²) < 4.78 is 0. The fourth-order valence-electron chi connectivity index (χ4n) is 2.67. The van der Waals surface area contributed by atoms with E-state index in [1.54, 1.807) is 0 Å². The molecule has 0 aromatic carbocycles. The maximum absolute atomic E-state index is 12.1. The third kappa shape index (κ3) is 4.94. The molecule has 1 amide bonds. The molecule has 0 saturated heterocycles.